The molecule has 1 aliphatic heterocycles. The predicted molar refractivity (Wildman–Crippen MR) is 148 cm³/mol. The highest BCUT2D eigenvalue weighted by molar-refractivity contribution is 5.94. The molecule has 11 nitrogen and oxygen atoms in total. The summed E-state index contributed by atoms with van der Waals surface area (Å²) in [6.45, 7) is 13.1. The fourth-order valence-electron chi connectivity index (χ4n) is 6.08. The molecule has 1 heterocycles. The average molecular weight is 563 g/mol. The zero-order valence-electron chi connectivity index (χ0n) is 24.8. The first-order valence-electron chi connectivity index (χ1n) is 14.2. The summed E-state index contributed by atoms with van der Waals surface area (Å²) >= 11 is 0. The van der Waals surface area contributed by atoms with Crippen molar-refractivity contribution >= 4 is 29.6 Å². The number of likely N-dealkylation sites (tertiary alicyclic amines) is 1. The molecule has 1 saturated heterocycles. The Morgan fingerprint density at radius 3 is 2.25 bits per heavy atom. The number of ketones is 1. The van der Waals surface area contributed by atoms with Crippen LogP contribution in [-0.4, -0.2) is 76.0 Å². The van der Waals surface area contributed by atoms with Crippen molar-refractivity contribution in [2.75, 3.05) is 6.54 Å². The molecule has 3 fully saturated rings. The van der Waals surface area contributed by atoms with Crippen molar-refractivity contribution in [3.8, 4) is 0 Å². The number of ether oxygens (including phenoxy) is 1. The summed E-state index contributed by atoms with van der Waals surface area (Å²) in [4.78, 5) is 66.0. The van der Waals surface area contributed by atoms with E-state index in [4.69, 9.17) is 10.5 Å². The summed E-state index contributed by atoms with van der Waals surface area (Å²) in [5.74, 6) is -2.16. The number of fused-ring (bicyclic) bond motifs is 1. The van der Waals surface area contributed by atoms with E-state index in [-0.39, 0.29) is 41.8 Å². The fraction of sp³-hybridized carbons (Fsp3) is 0.759. The van der Waals surface area contributed by atoms with Crippen molar-refractivity contribution < 1.29 is 33.8 Å². The molecule has 4 amide bonds. The Labute approximate surface area is 236 Å². The molecule has 3 rings (SSSR count). The topological polar surface area (TPSA) is 168 Å². The lowest BCUT2D eigenvalue weighted by atomic mass is 9.77. The van der Waals surface area contributed by atoms with E-state index in [1.54, 1.807) is 34.6 Å². The minimum Gasteiger partial charge on any atom is -0.444 e. The SMILES string of the molecule is CC(C)=CC(=O)CC[C@H](NC(=O)OC(C)(C)C)C(=O)N1CC2C(C1C(=O)NC(C1CCC1)C(O)C(N)=O)C2(C)C. The second-order valence-electron chi connectivity index (χ2n) is 13.4. The number of hydrogen-bond acceptors (Lipinski definition) is 7. The van der Waals surface area contributed by atoms with Gasteiger partial charge in [-0.05, 0) is 83.1 Å². The van der Waals surface area contributed by atoms with Gasteiger partial charge in [0.05, 0.1) is 6.04 Å². The molecule has 0 spiro atoms. The largest absolute Gasteiger partial charge is 0.444 e. The van der Waals surface area contributed by atoms with Crippen molar-refractivity contribution in [3.63, 3.8) is 0 Å². The highest BCUT2D eigenvalue weighted by Gasteiger charge is 2.69. The Balaban J connectivity index is 1.84. The number of rotatable bonds is 11. The lowest BCUT2D eigenvalue weighted by Crippen LogP contribution is -2.60. The second kappa shape index (κ2) is 11.9. The highest BCUT2D eigenvalue weighted by atomic mass is 16.6. The Kier molecular flexibility index (Phi) is 9.38. The zero-order valence-corrected chi connectivity index (χ0v) is 24.8. The first-order valence-corrected chi connectivity index (χ1v) is 14.2. The monoisotopic (exact) mass is 562 g/mol. The number of nitrogens with one attached hydrogen (secondary N) is 2. The van der Waals surface area contributed by atoms with E-state index in [2.05, 4.69) is 10.6 Å². The smallest absolute Gasteiger partial charge is 0.408 e. The van der Waals surface area contributed by atoms with Gasteiger partial charge in [0.15, 0.2) is 11.9 Å². The molecule has 0 aromatic carbocycles. The van der Waals surface area contributed by atoms with Crippen LogP contribution in [0.2, 0.25) is 0 Å². The predicted octanol–water partition coefficient (Wildman–Crippen LogP) is 1.81. The molecule has 5 N–H and O–H groups in total. The van der Waals surface area contributed by atoms with Crippen LogP contribution >= 0.6 is 0 Å². The van der Waals surface area contributed by atoms with Crippen molar-refractivity contribution in [1.82, 2.24) is 15.5 Å². The first-order chi connectivity index (χ1) is 18.4. The number of aliphatic hydroxyl groups excluding tert-OH is 1. The molecule has 5 unspecified atom stereocenters. The average Bonchev–Trinajstić information content (AvgIpc) is 3.12. The van der Waals surface area contributed by atoms with Crippen LogP contribution in [0.4, 0.5) is 4.79 Å². The number of amides is 4. The normalized spacial score (nSPS) is 25.4. The number of primary amides is 1. The molecule has 0 radical (unpaired) electrons. The Morgan fingerprint density at radius 2 is 1.75 bits per heavy atom. The molecule has 2 aliphatic carbocycles. The van der Waals surface area contributed by atoms with E-state index < -0.39 is 53.6 Å². The molecule has 40 heavy (non-hydrogen) atoms. The minimum absolute atomic E-state index is 0.0228. The Morgan fingerprint density at radius 1 is 1.12 bits per heavy atom. The molecule has 0 aromatic rings. The number of aliphatic hydroxyl groups is 1. The van der Waals surface area contributed by atoms with Gasteiger partial charge in [0.2, 0.25) is 17.7 Å². The number of carbonyl (C=O) groups is 5. The maximum atomic E-state index is 13.9. The summed E-state index contributed by atoms with van der Waals surface area (Å²) in [7, 11) is 0. The van der Waals surface area contributed by atoms with E-state index in [1.807, 2.05) is 13.8 Å². The van der Waals surface area contributed by atoms with E-state index in [0.29, 0.717) is 6.54 Å². The van der Waals surface area contributed by atoms with Crippen LogP contribution < -0.4 is 16.4 Å². The van der Waals surface area contributed by atoms with Crippen molar-refractivity contribution in [1.29, 1.82) is 0 Å². The Bertz CT molecular complexity index is 1060. The summed E-state index contributed by atoms with van der Waals surface area (Å²) in [5.41, 5.74) is 5.21. The summed E-state index contributed by atoms with van der Waals surface area (Å²) < 4.78 is 5.37. The maximum Gasteiger partial charge on any atom is 0.408 e. The zero-order chi connectivity index (χ0) is 30.2. The lowest BCUT2D eigenvalue weighted by Gasteiger charge is -2.38. The van der Waals surface area contributed by atoms with Gasteiger partial charge in [0.25, 0.3) is 0 Å². The summed E-state index contributed by atoms with van der Waals surface area (Å²) in [6.07, 6.45) is 1.65. The van der Waals surface area contributed by atoms with Gasteiger partial charge in [0, 0.05) is 13.0 Å². The third-order valence-corrected chi connectivity index (χ3v) is 8.48. The molecule has 224 valence electrons. The molecule has 3 aliphatic rings. The van der Waals surface area contributed by atoms with Crippen LogP contribution in [0.25, 0.3) is 0 Å². The Hall–Kier alpha value is -2.95. The van der Waals surface area contributed by atoms with Crippen LogP contribution in [0.3, 0.4) is 0 Å². The number of nitrogens with zero attached hydrogens (tertiary/aromatic N) is 1. The maximum absolute atomic E-state index is 13.9. The molecule has 2 saturated carbocycles. The number of hydrogen-bond donors (Lipinski definition) is 4. The number of alkyl carbamates (subject to hydrolysis) is 1. The van der Waals surface area contributed by atoms with Gasteiger partial charge >= 0.3 is 6.09 Å². The van der Waals surface area contributed by atoms with Gasteiger partial charge in [-0.25, -0.2) is 4.79 Å². The van der Waals surface area contributed by atoms with Gasteiger partial charge in [-0.2, -0.15) is 0 Å². The van der Waals surface area contributed by atoms with Gasteiger partial charge in [-0.1, -0.05) is 25.8 Å². The summed E-state index contributed by atoms with van der Waals surface area (Å²) in [6, 6.07) is -2.78. The standard InChI is InChI=1S/C29H46N4O7/c1-15(2)13-17(34)11-12-19(31-27(39)40-28(3,4)5)26(38)33-14-18-20(29(18,6)7)22(33)25(37)32-21(16-9-8-10-16)23(35)24(30)36/h13,16,18-23,35H,8-12,14H2,1-7H3,(H2,30,36)(H,31,39)(H,32,37)/t18?,19-,20?,21?,22?,23?/m0/s1. The fourth-order valence-corrected chi connectivity index (χ4v) is 6.08. The van der Waals surface area contributed by atoms with E-state index in [9.17, 15) is 29.1 Å². The molecular formula is C29H46N4O7. The molecular weight excluding hydrogens is 516 g/mol. The molecule has 6 atom stereocenters. The molecule has 0 bridgehead atoms. The van der Waals surface area contributed by atoms with Crippen LogP contribution in [0.1, 0.15) is 80.6 Å². The second-order valence-corrected chi connectivity index (χ2v) is 13.4. The van der Waals surface area contributed by atoms with Crippen LogP contribution in [0.15, 0.2) is 11.6 Å². The number of piperidine rings is 1. The highest BCUT2D eigenvalue weighted by Crippen LogP contribution is 2.65. The van der Waals surface area contributed by atoms with Crippen LogP contribution in [0, 0.1) is 23.2 Å². The van der Waals surface area contributed by atoms with Crippen molar-refractivity contribution in [2.45, 2.75) is 110 Å². The number of nitrogens with two attached hydrogens (primary N) is 1. The van der Waals surface area contributed by atoms with E-state index in [1.165, 1.54) is 11.0 Å². The number of carbonyl (C=O) groups excluding carboxylic acids is 5. The molecule has 0 aromatic heterocycles. The molecule has 11 heteroatoms. The van der Waals surface area contributed by atoms with E-state index >= 15 is 0 Å². The van der Waals surface area contributed by atoms with Crippen molar-refractivity contribution in [2.24, 2.45) is 28.9 Å². The number of allylic oxidation sites excluding steroid dienone is 2. The van der Waals surface area contributed by atoms with Crippen LogP contribution in [-0.2, 0) is 23.9 Å². The summed E-state index contributed by atoms with van der Waals surface area (Å²) in [5, 5.41) is 15.9. The minimum atomic E-state index is -1.54. The first kappa shape index (κ1) is 31.6. The van der Waals surface area contributed by atoms with Crippen LogP contribution in [0.5, 0.6) is 0 Å². The third-order valence-electron chi connectivity index (χ3n) is 8.48. The lowest BCUT2D eigenvalue weighted by molar-refractivity contribution is -0.143. The van der Waals surface area contributed by atoms with Gasteiger partial charge < -0.3 is 31.1 Å². The van der Waals surface area contributed by atoms with Gasteiger partial charge in [-0.15, -0.1) is 0 Å². The third kappa shape index (κ3) is 7.21. The van der Waals surface area contributed by atoms with Gasteiger partial charge in [0.1, 0.15) is 17.7 Å². The quantitative estimate of drug-likeness (QED) is 0.278. The van der Waals surface area contributed by atoms with Gasteiger partial charge in [-0.3, -0.25) is 19.2 Å². The van der Waals surface area contributed by atoms with E-state index in [0.717, 1.165) is 24.8 Å². The van der Waals surface area contributed by atoms with Crippen molar-refractivity contribution in [3.05, 3.63) is 11.6 Å².